The van der Waals surface area contributed by atoms with E-state index >= 15 is 0 Å². The van der Waals surface area contributed by atoms with Crippen LogP contribution in [-0.4, -0.2) is 25.6 Å². The molecule has 1 aromatic heterocycles. The van der Waals surface area contributed by atoms with Crippen molar-refractivity contribution in [2.24, 2.45) is 5.92 Å². The molecule has 0 radical (unpaired) electrons. The van der Waals surface area contributed by atoms with Crippen LogP contribution in [0.15, 0.2) is 18.2 Å². The number of carbonyl (C=O) groups excluding carboxylic acids is 2. The van der Waals surface area contributed by atoms with Crippen LogP contribution >= 0.6 is 11.3 Å². The molecule has 0 saturated carbocycles. The number of hydrogen-bond donors (Lipinski definition) is 2. The van der Waals surface area contributed by atoms with Gasteiger partial charge in [0, 0.05) is 4.88 Å². The molecule has 1 unspecified atom stereocenters. The summed E-state index contributed by atoms with van der Waals surface area (Å²) in [5.41, 5.74) is 7.86. The fourth-order valence-corrected chi connectivity index (χ4v) is 4.57. The van der Waals surface area contributed by atoms with Crippen molar-refractivity contribution < 1.29 is 19.1 Å². The lowest BCUT2D eigenvalue weighted by atomic mass is 9.89. The summed E-state index contributed by atoms with van der Waals surface area (Å²) < 4.78 is 10.1. The van der Waals surface area contributed by atoms with Crippen LogP contribution in [0.5, 0.6) is 5.75 Å². The lowest BCUT2D eigenvalue weighted by Gasteiger charge is -2.17. The molecule has 0 spiro atoms. The molecule has 1 aliphatic rings. The first-order valence-electron chi connectivity index (χ1n) is 8.88. The maximum absolute atomic E-state index is 12.2. The van der Waals surface area contributed by atoms with E-state index in [1.807, 2.05) is 0 Å². The van der Waals surface area contributed by atoms with Crippen LogP contribution in [0.2, 0.25) is 0 Å². The average molecular weight is 399 g/mol. The lowest BCUT2D eigenvalue weighted by Crippen LogP contribution is -2.21. The summed E-state index contributed by atoms with van der Waals surface area (Å²) >= 11 is 1.43. The van der Waals surface area contributed by atoms with Crippen molar-refractivity contribution in [3.63, 3.8) is 0 Å². The van der Waals surface area contributed by atoms with Crippen LogP contribution in [-0.2, 0) is 22.4 Å². The van der Waals surface area contributed by atoms with E-state index in [2.05, 4.69) is 18.3 Å². The number of anilines is 2. The molecule has 0 bridgehead atoms. The van der Waals surface area contributed by atoms with Crippen molar-refractivity contribution in [3.8, 4) is 11.8 Å². The topological polar surface area (TPSA) is 114 Å². The van der Waals surface area contributed by atoms with Crippen molar-refractivity contribution in [1.29, 1.82) is 5.26 Å². The van der Waals surface area contributed by atoms with Crippen LogP contribution in [0.3, 0.4) is 0 Å². The average Bonchev–Trinajstić information content (AvgIpc) is 3.01. The van der Waals surface area contributed by atoms with Gasteiger partial charge in [0.05, 0.1) is 23.9 Å². The van der Waals surface area contributed by atoms with Gasteiger partial charge in [0.2, 0.25) is 0 Å². The van der Waals surface area contributed by atoms with Gasteiger partial charge in [0.25, 0.3) is 5.91 Å². The van der Waals surface area contributed by atoms with Crippen molar-refractivity contribution >= 4 is 33.9 Å². The fourth-order valence-electron chi connectivity index (χ4n) is 3.20. The van der Waals surface area contributed by atoms with E-state index in [0.29, 0.717) is 27.9 Å². The number of nitrogens with zero attached hydrogens (tertiary/aromatic N) is 1. The van der Waals surface area contributed by atoms with Crippen LogP contribution in [0.4, 0.5) is 10.7 Å². The minimum Gasteiger partial charge on any atom is -0.495 e. The number of nitrogens with one attached hydrogen (secondary N) is 1. The fraction of sp³-hybridized carbons (Fsp3) is 0.350. The zero-order valence-corrected chi connectivity index (χ0v) is 16.5. The number of ether oxygens (including phenoxy) is 2. The summed E-state index contributed by atoms with van der Waals surface area (Å²) in [5.74, 6) is -0.129. The number of amides is 1. The number of hydrogen-bond acceptors (Lipinski definition) is 7. The first-order chi connectivity index (χ1) is 13.4. The molecule has 2 aromatic rings. The van der Waals surface area contributed by atoms with Gasteiger partial charge in [-0.25, -0.2) is 4.79 Å². The summed E-state index contributed by atoms with van der Waals surface area (Å²) in [6.07, 6.45) is 2.80. The molecule has 1 aromatic carbocycles. The highest BCUT2D eigenvalue weighted by Gasteiger charge is 2.25. The van der Waals surface area contributed by atoms with Gasteiger partial charge in [-0.1, -0.05) is 6.92 Å². The van der Waals surface area contributed by atoms with Crippen molar-refractivity contribution in [1.82, 2.24) is 0 Å². The third kappa shape index (κ3) is 4.10. The third-order valence-corrected chi connectivity index (χ3v) is 5.85. The molecule has 0 aliphatic heterocycles. The van der Waals surface area contributed by atoms with Crippen molar-refractivity contribution in [2.45, 2.75) is 26.2 Å². The Hall–Kier alpha value is -3.05. The molecular formula is C20H21N3O4S. The normalized spacial score (nSPS) is 15.2. The zero-order chi connectivity index (χ0) is 20.3. The van der Waals surface area contributed by atoms with E-state index in [4.69, 9.17) is 15.2 Å². The highest BCUT2D eigenvalue weighted by molar-refractivity contribution is 7.16. The maximum Gasteiger partial charge on any atom is 0.338 e. The number of rotatable bonds is 5. The number of fused-ring (bicyclic) bond motifs is 1. The summed E-state index contributed by atoms with van der Waals surface area (Å²) in [6, 6.07) is 6.70. The SMILES string of the molecule is COc1ccc(C(=O)OCC(=O)Nc2sc3c(c2C#N)CCC(C)C3)cc1N. The molecular weight excluding hydrogens is 378 g/mol. The predicted octanol–water partition coefficient (Wildman–Crippen LogP) is 3.13. The van der Waals surface area contributed by atoms with Gasteiger partial charge in [0.15, 0.2) is 6.61 Å². The largest absolute Gasteiger partial charge is 0.495 e. The Balaban J connectivity index is 1.63. The number of nitrogen functional groups attached to an aromatic ring is 1. The second kappa shape index (κ2) is 8.31. The second-order valence-corrected chi connectivity index (χ2v) is 7.85. The minimum atomic E-state index is -0.663. The molecule has 1 aliphatic carbocycles. The van der Waals surface area contributed by atoms with Gasteiger partial charge < -0.3 is 20.5 Å². The first-order valence-corrected chi connectivity index (χ1v) is 9.69. The van der Waals surface area contributed by atoms with E-state index in [1.54, 1.807) is 6.07 Å². The van der Waals surface area contributed by atoms with Crippen LogP contribution in [0.1, 0.15) is 39.7 Å². The quantitative estimate of drug-likeness (QED) is 0.590. The number of carbonyl (C=O) groups is 2. The molecule has 1 heterocycles. The van der Waals surface area contributed by atoms with Crippen LogP contribution in [0.25, 0.3) is 0 Å². The van der Waals surface area contributed by atoms with Gasteiger partial charge in [-0.15, -0.1) is 11.3 Å². The second-order valence-electron chi connectivity index (χ2n) is 6.75. The smallest absolute Gasteiger partial charge is 0.338 e. The number of nitrogens with two attached hydrogens (primary N) is 1. The Morgan fingerprint density at radius 2 is 2.21 bits per heavy atom. The van der Waals surface area contributed by atoms with Crippen LogP contribution in [0, 0.1) is 17.2 Å². The van der Waals surface area contributed by atoms with Gasteiger partial charge in [-0.2, -0.15) is 5.26 Å². The Morgan fingerprint density at radius 3 is 2.89 bits per heavy atom. The molecule has 7 nitrogen and oxygen atoms in total. The highest BCUT2D eigenvalue weighted by Crippen LogP contribution is 2.39. The summed E-state index contributed by atoms with van der Waals surface area (Å²) in [6.45, 7) is 1.73. The Bertz CT molecular complexity index is 961. The predicted molar refractivity (Wildman–Crippen MR) is 107 cm³/mol. The monoisotopic (exact) mass is 399 g/mol. The maximum atomic E-state index is 12.2. The number of benzene rings is 1. The molecule has 146 valence electrons. The number of esters is 1. The lowest BCUT2D eigenvalue weighted by molar-refractivity contribution is -0.119. The number of nitriles is 1. The van der Waals surface area contributed by atoms with Gasteiger partial charge in [-0.05, 0) is 48.9 Å². The molecule has 3 rings (SSSR count). The number of methoxy groups -OCH3 is 1. The van der Waals surface area contributed by atoms with Gasteiger partial charge in [-0.3, -0.25) is 4.79 Å². The van der Waals surface area contributed by atoms with E-state index < -0.39 is 18.5 Å². The van der Waals surface area contributed by atoms with Crippen molar-refractivity contribution in [2.75, 3.05) is 24.8 Å². The summed E-state index contributed by atoms with van der Waals surface area (Å²) in [4.78, 5) is 25.5. The molecule has 8 heteroatoms. The van der Waals surface area contributed by atoms with E-state index in [-0.39, 0.29) is 5.56 Å². The van der Waals surface area contributed by atoms with E-state index in [9.17, 15) is 14.9 Å². The Kier molecular flexibility index (Phi) is 5.85. The number of thiophene rings is 1. The Labute approximate surface area is 167 Å². The summed E-state index contributed by atoms with van der Waals surface area (Å²) in [5, 5.41) is 12.7. The third-order valence-electron chi connectivity index (χ3n) is 4.68. The van der Waals surface area contributed by atoms with Gasteiger partial charge in [0.1, 0.15) is 16.8 Å². The molecule has 0 fully saturated rings. The molecule has 1 atom stereocenters. The molecule has 1 amide bonds. The van der Waals surface area contributed by atoms with E-state index in [1.165, 1.54) is 30.6 Å². The van der Waals surface area contributed by atoms with Crippen LogP contribution < -0.4 is 15.8 Å². The standard InChI is InChI=1S/C20H21N3O4S/c1-11-3-5-13-14(9-21)19(28-17(13)7-11)23-18(24)10-27-20(25)12-4-6-16(26-2)15(22)8-12/h4,6,8,11H,3,5,7,10,22H2,1-2H3,(H,23,24). The molecule has 28 heavy (non-hydrogen) atoms. The minimum absolute atomic E-state index is 0.226. The van der Waals surface area contributed by atoms with E-state index in [0.717, 1.165) is 29.7 Å². The van der Waals surface area contributed by atoms with Crippen molar-refractivity contribution in [3.05, 3.63) is 39.8 Å². The first kappa shape index (κ1) is 19.7. The Morgan fingerprint density at radius 1 is 1.43 bits per heavy atom. The van der Waals surface area contributed by atoms with Gasteiger partial charge >= 0.3 is 5.97 Å². The highest BCUT2D eigenvalue weighted by atomic mass is 32.1. The summed E-state index contributed by atoms with van der Waals surface area (Å²) in [7, 11) is 1.48. The molecule has 0 saturated heterocycles. The zero-order valence-electron chi connectivity index (χ0n) is 15.7. The molecule has 3 N–H and O–H groups in total.